The minimum Gasteiger partial charge on any atom is -0.397 e. The standard InChI is InChI=1S/C18H26N6O2S/c1-3-4-11-9-12(22-17-13(11)14(20)15(27-17)16(21)25)23-5-7-24(8-6-23)18(26)10(2)19/h9-10H,3-8,19-20H2,1-2H3,(H2,21,25). The Kier molecular flexibility index (Phi) is 5.52. The molecular weight excluding hydrogens is 364 g/mol. The average Bonchev–Trinajstić information content (AvgIpc) is 2.98. The summed E-state index contributed by atoms with van der Waals surface area (Å²) in [6.07, 6.45) is 1.80. The van der Waals surface area contributed by atoms with Crippen molar-refractivity contribution in [3.63, 3.8) is 0 Å². The molecule has 8 nitrogen and oxygen atoms in total. The summed E-state index contributed by atoms with van der Waals surface area (Å²) < 4.78 is 0. The zero-order chi connectivity index (χ0) is 19.7. The highest BCUT2D eigenvalue weighted by molar-refractivity contribution is 7.21. The third-order valence-corrected chi connectivity index (χ3v) is 5.93. The van der Waals surface area contributed by atoms with Gasteiger partial charge < -0.3 is 27.0 Å². The number of aromatic nitrogens is 1. The van der Waals surface area contributed by atoms with Crippen LogP contribution in [0.2, 0.25) is 0 Å². The van der Waals surface area contributed by atoms with Crippen molar-refractivity contribution in [2.75, 3.05) is 36.8 Å². The molecule has 1 saturated heterocycles. The molecule has 3 heterocycles. The van der Waals surface area contributed by atoms with Crippen molar-refractivity contribution in [3.05, 3.63) is 16.5 Å². The smallest absolute Gasteiger partial charge is 0.260 e. The van der Waals surface area contributed by atoms with Crippen molar-refractivity contribution >= 4 is 44.9 Å². The van der Waals surface area contributed by atoms with Crippen LogP contribution in [0.3, 0.4) is 0 Å². The van der Waals surface area contributed by atoms with Gasteiger partial charge >= 0.3 is 0 Å². The van der Waals surface area contributed by atoms with Gasteiger partial charge in [-0.15, -0.1) is 11.3 Å². The van der Waals surface area contributed by atoms with E-state index in [1.54, 1.807) is 11.8 Å². The van der Waals surface area contributed by atoms with E-state index in [4.69, 9.17) is 22.2 Å². The van der Waals surface area contributed by atoms with E-state index in [1.165, 1.54) is 11.3 Å². The van der Waals surface area contributed by atoms with Gasteiger partial charge in [0.05, 0.1) is 11.7 Å². The predicted molar refractivity (Wildman–Crippen MR) is 109 cm³/mol. The molecule has 27 heavy (non-hydrogen) atoms. The number of rotatable bonds is 5. The fourth-order valence-corrected chi connectivity index (χ4v) is 4.43. The second kappa shape index (κ2) is 7.69. The number of hydrogen-bond acceptors (Lipinski definition) is 7. The van der Waals surface area contributed by atoms with E-state index in [9.17, 15) is 9.59 Å². The molecular formula is C18H26N6O2S. The highest BCUT2D eigenvalue weighted by Crippen LogP contribution is 2.37. The molecule has 0 radical (unpaired) electrons. The van der Waals surface area contributed by atoms with Gasteiger partial charge in [-0.1, -0.05) is 13.3 Å². The predicted octanol–water partition coefficient (Wildman–Crippen LogP) is 0.926. The number of primary amides is 1. The molecule has 1 aliphatic heterocycles. The largest absolute Gasteiger partial charge is 0.397 e. The number of amides is 2. The molecule has 0 bridgehead atoms. The van der Waals surface area contributed by atoms with E-state index in [2.05, 4.69) is 11.8 Å². The number of anilines is 2. The lowest BCUT2D eigenvalue weighted by molar-refractivity contribution is -0.132. The van der Waals surface area contributed by atoms with Gasteiger partial charge in [0.25, 0.3) is 5.91 Å². The molecule has 6 N–H and O–H groups in total. The molecule has 0 spiro atoms. The summed E-state index contributed by atoms with van der Waals surface area (Å²) in [5.41, 5.74) is 18.8. The summed E-state index contributed by atoms with van der Waals surface area (Å²) in [6.45, 7) is 6.41. The number of nitrogens with zero attached hydrogens (tertiary/aromatic N) is 3. The fraction of sp³-hybridized carbons (Fsp3) is 0.500. The molecule has 9 heteroatoms. The summed E-state index contributed by atoms with van der Waals surface area (Å²) >= 11 is 1.24. The molecule has 146 valence electrons. The Morgan fingerprint density at radius 3 is 2.52 bits per heavy atom. The van der Waals surface area contributed by atoms with Gasteiger partial charge in [-0.3, -0.25) is 9.59 Å². The molecule has 3 rings (SSSR count). The zero-order valence-electron chi connectivity index (χ0n) is 15.7. The first-order valence-electron chi connectivity index (χ1n) is 9.14. The van der Waals surface area contributed by atoms with Crippen LogP contribution in [0.4, 0.5) is 11.5 Å². The van der Waals surface area contributed by atoms with Crippen LogP contribution in [-0.2, 0) is 11.2 Å². The van der Waals surface area contributed by atoms with Gasteiger partial charge in [-0.25, -0.2) is 4.98 Å². The number of carbonyl (C=O) groups is 2. The van der Waals surface area contributed by atoms with E-state index in [0.717, 1.165) is 34.4 Å². The number of aryl methyl sites for hydroxylation is 1. The zero-order valence-corrected chi connectivity index (χ0v) is 16.5. The first kappa shape index (κ1) is 19.4. The van der Waals surface area contributed by atoms with Crippen molar-refractivity contribution in [1.29, 1.82) is 0 Å². The van der Waals surface area contributed by atoms with Gasteiger partial charge in [0.2, 0.25) is 5.91 Å². The second-order valence-electron chi connectivity index (χ2n) is 6.88. The summed E-state index contributed by atoms with van der Waals surface area (Å²) in [5, 5.41) is 0.838. The van der Waals surface area contributed by atoms with Crippen molar-refractivity contribution in [1.82, 2.24) is 9.88 Å². The highest BCUT2D eigenvalue weighted by atomic mass is 32.1. The lowest BCUT2D eigenvalue weighted by Crippen LogP contribution is -2.52. The SMILES string of the molecule is CCCc1cc(N2CCN(C(=O)C(C)N)CC2)nc2sc(C(N)=O)c(N)c12. The summed E-state index contributed by atoms with van der Waals surface area (Å²) in [7, 11) is 0. The number of hydrogen-bond donors (Lipinski definition) is 3. The number of fused-ring (bicyclic) bond motifs is 1. The topological polar surface area (TPSA) is 132 Å². The number of nitrogen functional groups attached to an aromatic ring is 1. The highest BCUT2D eigenvalue weighted by Gasteiger charge is 2.25. The third-order valence-electron chi connectivity index (χ3n) is 4.82. The maximum absolute atomic E-state index is 12.1. The first-order chi connectivity index (χ1) is 12.8. The van der Waals surface area contributed by atoms with E-state index in [-0.39, 0.29) is 5.91 Å². The molecule has 1 atom stereocenters. The van der Waals surface area contributed by atoms with Crippen LogP contribution in [0.5, 0.6) is 0 Å². The Morgan fingerprint density at radius 1 is 1.30 bits per heavy atom. The Bertz CT molecular complexity index is 870. The lowest BCUT2D eigenvalue weighted by atomic mass is 10.1. The minimum atomic E-state index is -0.525. The Balaban J connectivity index is 1.92. The van der Waals surface area contributed by atoms with Crippen LogP contribution < -0.4 is 22.1 Å². The number of thiophene rings is 1. The summed E-state index contributed by atoms with van der Waals surface area (Å²) in [4.78, 5) is 33.5. The number of pyridine rings is 1. The van der Waals surface area contributed by atoms with Gasteiger partial charge in [-0.2, -0.15) is 0 Å². The van der Waals surface area contributed by atoms with Crippen LogP contribution in [0.15, 0.2) is 6.07 Å². The normalized spacial score (nSPS) is 16.0. The molecule has 1 fully saturated rings. The maximum Gasteiger partial charge on any atom is 0.260 e. The number of nitrogens with two attached hydrogens (primary N) is 3. The van der Waals surface area contributed by atoms with Crippen LogP contribution in [0, 0.1) is 0 Å². The third kappa shape index (κ3) is 3.70. The Morgan fingerprint density at radius 2 is 1.96 bits per heavy atom. The lowest BCUT2D eigenvalue weighted by Gasteiger charge is -2.36. The van der Waals surface area contributed by atoms with Gasteiger partial charge in [-0.05, 0) is 25.0 Å². The monoisotopic (exact) mass is 390 g/mol. The van der Waals surface area contributed by atoms with Gasteiger partial charge in [0.15, 0.2) is 0 Å². The number of carbonyl (C=O) groups excluding carboxylic acids is 2. The van der Waals surface area contributed by atoms with E-state index >= 15 is 0 Å². The average molecular weight is 391 g/mol. The van der Waals surface area contributed by atoms with Crippen LogP contribution >= 0.6 is 11.3 Å². The molecule has 2 aromatic heterocycles. The molecule has 0 aromatic carbocycles. The van der Waals surface area contributed by atoms with Gasteiger partial charge in [0, 0.05) is 31.6 Å². The molecule has 0 aliphatic carbocycles. The van der Waals surface area contributed by atoms with Crippen LogP contribution in [0.1, 0.15) is 35.5 Å². The summed E-state index contributed by atoms with van der Waals surface area (Å²) in [5.74, 6) is 0.292. The second-order valence-corrected chi connectivity index (χ2v) is 7.88. The van der Waals surface area contributed by atoms with Crippen LogP contribution in [-0.4, -0.2) is 53.9 Å². The molecule has 2 amide bonds. The minimum absolute atomic E-state index is 0.0261. The molecule has 0 saturated carbocycles. The Labute approximate surface area is 162 Å². The van der Waals surface area contributed by atoms with E-state index in [1.807, 2.05) is 6.07 Å². The molecule has 2 aromatic rings. The van der Waals surface area contributed by atoms with E-state index in [0.29, 0.717) is 36.7 Å². The maximum atomic E-state index is 12.1. The van der Waals surface area contributed by atoms with Crippen molar-refractivity contribution in [2.45, 2.75) is 32.7 Å². The van der Waals surface area contributed by atoms with Crippen molar-refractivity contribution in [2.24, 2.45) is 11.5 Å². The van der Waals surface area contributed by atoms with E-state index < -0.39 is 11.9 Å². The van der Waals surface area contributed by atoms with Crippen molar-refractivity contribution in [3.8, 4) is 0 Å². The first-order valence-corrected chi connectivity index (χ1v) is 9.96. The van der Waals surface area contributed by atoms with Gasteiger partial charge in [0.1, 0.15) is 15.5 Å². The fourth-order valence-electron chi connectivity index (χ4n) is 3.44. The van der Waals surface area contributed by atoms with Crippen LogP contribution in [0.25, 0.3) is 10.2 Å². The number of piperazine rings is 1. The quantitative estimate of drug-likeness (QED) is 0.696. The molecule has 1 unspecified atom stereocenters. The summed E-state index contributed by atoms with van der Waals surface area (Å²) in [6, 6.07) is 1.56. The van der Waals surface area contributed by atoms with Crippen molar-refractivity contribution < 1.29 is 9.59 Å². The Hall–Kier alpha value is -2.39. The molecule has 1 aliphatic rings.